The molecule has 1 aliphatic rings. The van der Waals surface area contributed by atoms with Crippen LogP contribution in [0.2, 0.25) is 0 Å². The number of carbonyl (C=O) groups excluding carboxylic acids is 2. The van der Waals surface area contributed by atoms with Crippen LogP contribution in [0.3, 0.4) is 0 Å². The number of benzene rings is 1. The number of thioether (sulfide) groups is 1. The Morgan fingerprint density at radius 2 is 2.00 bits per heavy atom. The molecule has 5 rings (SSSR count). The number of hydrogen-bond acceptors (Lipinski definition) is 6. The molecule has 4 heterocycles. The highest BCUT2D eigenvalue weighted by molar-refractivity contribution is 8.18. The number of rotatable bonds is 2. The van der Waals surface area contributed by atoms with Crippen molar-refractivity contribution in [3.8, 4) is 11.1 Å². The Labute approximate surface area is 157 Å². The van der Waals surface area contributed by atoms with Crippen molar-refractivity contribution in [1.29, 1.82) is 0 Å². The molecule has 130 valence electrons. The van der Waals surface area contributed by atoms with Crippen LogP contribution in [0.4, 0.5) is 4.79 Å². The largest absolute Gasteiger partial charge is 0.456 e. The van der Waals surface area contributed by atoms with Crippen LogP contribution in [0.1, 0.15) is 5.76 Å². The predicted molar refractivity (Wildman–Crippen MR) is 104 cm³/mol. The minimum Gasteiger partial charge on any atom is -0.456 e. The van der Waals surface area contributed by atoms with Gasteiger partial charge in [0.2, 0.25) is 0 Å². The second kappa shape index (κ2) is 6.07. The van der Waals surface area contributed by atoms with E-state index in [1.165, 1.54) is 0 Å². The number of nitrogens with one attached hydrogen (secondary N) is 1. The first kappa shape index (κ1) is 15.8. The topological polar surface area (TPSA) is 85.1 Å². The molecule has 27 heavy (non-hydrogen) atoms. The number of carbonyl (C=O) groups is 2. The molecular formula is C20H11N3O3S. The van der Waals surface area contributed by atoms with Crippen LogP contribution in [0.15, 0.2) is 64.3 Å². The fraction of sp³-hybridized carbons (Fsp3) is 0. The van der Waals surface area contributed by atoms with Crippen LogP contribution in [0, 0.1) is 0 Å². The lowest BCUT2D eigenvalue weighted by atomic mass is 10.0. The van der Waals surface area contributed by atoms with Crippen LogP contribution >= 0.6 is 11.8 Å². The molecule has 4 aromatic rings. The maximum atomic E-state index is 11.7. The number of aromatic nitrogens is 2. The Bertz CT molecular complexity index is 1280. The Morgan fingerprint density at radius 1 is 1.07 bits per heavy atom. The molecule has 7 heteroatoms. The van der Waals surface area contributed by atoms with E-state index in [2.05, 4.69) is 15.3 Å². The van der Waals surface area contributed by atoms with Gasteiger partial charge in [0.05, 0.1) is 10.4 Å². The molecule has 3 aromatic heterocycles. The first-order valence-corrected chi connectivity index (χ1v) is 8.96. The highest BCUT2D eigenvalue weighted by atomic mass is 32.2. The number of pyridine rings is 2. The van der Waals surface area contributed by atoms with E-state index in [0.717, 1.165) is 39.2 Å². The van der Waals surface area contributed by atoms with Gasteiger partial charge in [-0.25, -0.2) is 0 Å². The maximum Gasteiger partial charge on any atom is 0.290 e. The fourth-order valence-corrected chi connectivity index (χ4v) is 3.71. The molecule has 0 bridgehead atoms. The molecule has 6 nitrogen and oxygen atoms in total. The minimum atomic E-state index is -0.411. The number of amides is 2. The van der Waals surface area contributed by atoms with Crippen molar-refractivity contribution >= 4 is 50.9 Å². The van der Waals surface area contributed by atoms with E-state index >= 15 is 0 Å². The van der Waals surface area contributed by atoms with Gasteiger partial charge in [0, 0.05) is 41.0 Å². The molecule has 0 unspecified atom stereocenters. The van der Waals surface area contributed by atoms with Gasteiger partial charge < -0.3 is 4.42 Å². The smallest absolute Gasteiger partial charge is 0.290 e. The summed E-state index contributed by atoms with van der Waals surface area (Å²) in [4.78, 5) is 32.0. The summed E-state index contributed by atoms with van der Waals surface area (Å²) >= 11 is 0.859. The SMILES string of the molecule is O=C1NC(=O)C(=Cc2cc3cncc(-c4ccc5ncccc5c4)c3o2)S1. The van der Waals surface area contributed by atoms with Gasteiger partial charge in [0.25, 0.3) is 11.1 Å². The lowest BCUT2D eigenvalue weighted by molar-refractivity contribution is -0.115. The maximum absolute atomic E-state index is 11.7. The molecule has 0 saturated carbocycles. The van der Waals surface area contributed by atoms with E-state index in [1.54, 1.807) is 30.7 Å². The van der Waals surface area contributed by atoms with Crippen molar-refractivity contribution in [2.75, 3.05) is 0 Å². The molecule has 1 fully saturated rings. The number of imide groups is 1. The zero-order valence-corrected chi connectivity index (χ0v) is 14.6. The highest BCUT2D eigenvalue weighted by Gasteiger charge is 2.25. The van der Waals surface area contributed by atoms with Gasteiger partial charge >= 0.3 is 0 Å². The summed E-state index contributed by atoms with van der Waals surface area (Å²) in [5.41, 5.74) is 3.41. The van der Waals surface area contributed by atoms with Gasteiger partial charge in [-0.2, -0.15) is 0 Å². The van der Waals surface area contributed by atoms with E-state index in [1.807, 2.05) is 30.3 Å². The monoisotopic (exact) mass is 373 g/mol. The van der Waals surface area contributed by atoms with Crippen LogP contribution in [0.5, 0.6) is 0 Å². The molecule has 1 aliphatic heterocycles. The van der Waals surface area contributed by atoms with Crippen molar-refractivity contribution in [3.63, 3.8) is 0 Å². The molecule has 0 aliphatic carbocycles. The number of hydrogen-bond donors (Lipinski definition) is 1. The molecule has 1 N–H and O–H groups in total. The first-order valence-electron chi connectivity index (χ1n) is 8.15. The molecule has 0 atom stereocenters. The van der Waals surface area contributed by atoms with Crippen LogP contribution in [0.25, 0.3) is 39.1 Å². The summed E-state index contributed by atoms with van der Waals surface area (Å²) < 4.78 is 5.97. The summed E-state index contributed by atoms with van der Waals surface area (Å²) in [7, 11) is 0. The third-order valence-corrected chi connectivity index (χ3v) is 5.08. The average molecular weight is 373 g/mol. The molecular weight excluding hydrogens is 362 g/mol. The van der Waals surface area contributed by atoms with Gasteiger partial charge in [0.1, 0.15) is 11.3 Å². The van der Waals surface area contributed by atoms with E-state index in [4.69, 9.17) is 4.42 Å². The van der Waals surface area contributed by atoms with Gasteiger partial charge in [-0.3, -0.25) is 24.9 Å². The quantitative estimate of drug-likeness (QED) is 0.525. The van der Waals surface area contributed by atoms with E-state index in [-0.39, 0.29) is 5.24 Å². The van der Waals surface area contributed by atoms with Crippen molar-refractivity contribution in [2.45, 2.75) is 0 Å². The third kappa shape index (κ3) is 2.78. The minimum absolute atomic E-state index is 0.311. The molecule has 0 radical (unpaired) electrons. The van der Waals surface area contributed by atoms with Crippen molar-refractivity contribution in [1.82, 2.24) is 15.3 Å². The van der Waals surface area contributed by atoms with Crippen LogP contribution < -0.4 is 5.32 Å². The van der Waals surface area contributed by atoms with Crippen LogP contribution in [-0.4, -0.2) is 21.1 Å². The zero-order chi connectivity index (χ0) is 18.4. The summed E-state index contributed by atoms with van der Waals surface area (Å²) in [6.45, 7) is 0. The zero-order valence-electron chi connectivity index (χ0n) is 13.8. The van der Waals surface area contributed by atoms with Gasteiger partial charge in [0.15, 0.2) is 0 Å². The lowest BCUT2D eigenvalue weighted by Gasteiger charge is -2.04. The standard InChI is InChI=1S/C20H11N3O3S/c24-19-17(27-20(25)23-19)8-14-7-13-9-21-10-15(18(13)26-14)11-3-4-16-12(6-11)2-1-5-22-16/h1-10H,(H,23,24,25). The Morgan fingerprint density at radius 3 is 2.85 bits per heavy atom. The average Bonchev–Trinajstić information content (AvgIpc) is 3.23. The van der Waals surface area contributed by atoms with Gasteiger partial charge in [-0.1, -0.05) is 12.1 Å². The molecule has 0 spiro atoms. The first-order chi connectivity index (χ1) is 13.2. The van der Waals surface area contributed by atoms with Crippen molar-refractivity contribution in [3.05, 3.63) is 65.7 Å². The summed E-state index contributed by atoms with van der Waals surface area (Å²) in [6.07, 6.45) is 6.79. The van der Waals surface area contributed by atoms with Crippen molar-refractivity contribution in [2.24, 2.45) is 0 Å². The predicted octanol–water partition coefficient (Wildman–Crippen LogP) is 4.37. The van der Waals surface area contributed by atoms with E-state index in [0.29, 0.717) is 16.2 Å². The second-order valence-corrected chi connectivity index (χ2v) is 7.03. The molecule has 1 aromatic carbocycles. The van der Waals surface area contributed by atoms with Crippen LogP contribution in [-0.2, 0) is 4.79 Å². The lowest BCUT2D eigenvalue weighted by Crippen LogP contribution is -2.17. The third-order valence-electron chi connectivity index (χ3n) is 4.27. The number of fused-ring (bicyclic) bond motifs is 2. The summed E-state index contributed by atoms with van der Waals surface area (Å²) in [5, 5.41) is 3.70. The number of nitrogens with zero attached hydrogens (tertiary/aromatic N) is 2. The second-order valence-electron chi connectivity index (χ2n) is 6.02. The Balaban J connectivity index is 1.63. The summed E-state index contributed by atoms with van der Waals surface area (Å²) in [5.74, 6) is 0.0832. The normalized spacial score (nSPS) is 15.8. The van der Waals surface area contributed by atoms with Crippen molar-refractivity contribution < 1.29 is 14.0 Å². The van der Waals surface area contributed by atoms with Gasteiger partial charge in [-0.15, -0.1) is 0 Å². The Hall–Kier alpha value is -3.45. The van der Waals surface area contributed by atoms with Gasteiger partial charge in [-0.05, 0) is 41.6 Å². The van der Waals surface area contributed by atoms with E-state index in [9.17, 15) is 9.59 Å². The molecule has 2 amide bonds. The molecule has 1 saturated heterocycles. The highest BCUT2D eigenvalue weighted by Crippen LogP contribution is 2.33. The number of furan rings is 1. The summed E-state index contributed by atoms with van der Waals surface area (Å²) in [6, 6.07) is 11.7. The Kier molecular flexibility index (Phi) is 3.54. The fourth-order valence-electron chi connectivity index (χ4n) is 3.05. The van der Waals surface area contributed by atoms with E-state index < -0.39 is 5.91 Å².